The number of aromatic nitrogens is 1. The highest BCUT2D eigenvalue weighted by Crippen LogP contribution is 2.26. The maximum absolute atomic E-state index is 12.7. The third-order valence-electron chi connectivity index (χ3n) is 2.15. The highest BCUT2D eigenvalue weighted by molar-refractivity contribution is 7.09. The minimum absolute atomic E-state index is 0.382. The average molecular weight is 237 g/mol. The van der Waals surface area contributed by atoms with Crippen LogP contribution in [-0.2, 0) is 4.79 Å². The standard InChI is InChI=1S/C11H8FNO2S/c12-8-3-1-7(2-4-8)9(11(14)15)10-13-5-6-16-10/h1-6,9H,(H,14,15). The fraction of sp³-hybridized carbons (Fsp3) is 0.0909. The van der Waals surface area contributed by atoms with Crippen LogP contribution in [0.15, 0.2) is 35.8 Å². The van der Waals surface area contributed by atoms with Crippen molar-refractivity contribution in [2.45, 2.75) is 5.92 Å². The molecule has 0 amide bonds. The molecule has 1 atom stereocenters. The highest BCUT2D eigenvalue weighted by Gasteiger charge is 2.24. The third kappa shape index (κ3) is 2.09. The average Bonchev–Trinajstić information content (AvgIpc) is 2.74. The number of rotatable bonds is 3. The molecule has 0 radical (unpaired) electrons. The molecule has 0 saturated heterocycles. The van der Waals surface area contributed by atoms with Crippen LogP contribution in [0, 0.1) is 5.82 Å². The minimum Gasteiger partial charge on any atom is -0.480 e. The van der Waals surface area contributed by atoms with Crippen LogP contribution in [-0.4, -0.2) is 16.1 Å². The Morgan fingerprint density at radius 3 is 2.56 bits per heavy atom. The number of carboxylic acid groups (broad SMARTS) is 1. The summed E-state index contributed by atoms with van der Waals surface area (Å²) >= 11 is 1.27. The maximum Gasteiger partial charge on any atom is 0.317 e. The monoisotopic (exact) mass is 237 g/mol. The number of thiazole rings is 1. The van der Waals surface area contributed by atoms with Crippen molar-refractivity contribution in [2.75, 3.05) is 0 Å². The van der Waals surface area contributed by atoms with Crippen molar-refractivity contribution < 1.29 is 14.3 Å². The SMILES string of the molecule is O=C(O)C(c1ccc(F)cc1)c1nccs1. The topological polar surface area (TPSA) is 50.2 Å². The number of hydrogen-bond donors (Lipinski definition) is 1. The summed E-state index contributed by atoms with van der Waals surface area (Å²) in [7, 11) is 0. The zero-order valence-corrected chi connectivity index (χ0v) is 8.95. The van der Waals surface area contributed by atoms with Gasteiger partial charge in [0.2, 0.25) is 0 Å². The first-order valence-electron chi connectivity index (χ1n) is 4.56. The Bertz CT molecular complexity index is 481. The third-order valence-corrected chi connectivity index (χ3v) is 2.99. The molecule has 2 rings (SSSR count). The van der Waals surface area contributed by atoms with E-state index >= 15 is 0 Å². The fourth-order valence-electron chi connectivity index (χ4n) is 1.42. The van der Waals surface area contributed by atoms with E-state index < -0.39 is 11.9 Å². The van der Waals surface area contributed by atoms with Gasteiger partial charge in [-0.3, -0.25) is 4.79 Å². The molecule has 0 saturated carbocycles. The lowest BCUT2D eigenvalue weighted by atomic mass is 10.0. The lowest BCUT2D eigenvalue weighted by Gasteiger charge is -2.09. The molecule has 1 aromatic heterocycles. The van der Waals surface area contributed by atoms with E-state index in [1.54, 1.807) is 11.6 Å². The molecule has 0 spiro atoms. The number of nitrogens with zero attached hydrogens (tertiary/aromatic N) is 1. The van der Waals surface area contributed by atoms with E-state index in [-0.39, 0.29) is 5.82 Å². The van der Waals surface area contributed by atoms with Crippen LogP contribution in [0.4, 0.5) is 4.39 Å². The number of aliphatic carboxylic acids is 1. The van der Waals surface area contributed by atoms with Gasteiger partial charge in [-0.2, -0.15) is 0 Å². The molecular weight excluding hydrogens is 229 g/mol. The molecule has 16 heavy (non-hydrogen) atoms. The van der Waals surface area contributed by atoms with E-state index in [2.05, 4.69) is 4.98 Å². The summed E-state index contributed by atoms with van der Waals surface area (Å²) in [4.78, 5) is 15.1. The molecule has 2 aromatic rings. The minimum atomic E-state index is -0.985. The molecule has 5 heteroatoms. The number of benzene rings is 1. The van der Waals surface area contributed by atoms with Gasteiger partial charge >= 0.3 is 5.97 Å². The molecule has 82 valence electrons. The van der Waals surface area contributed by atoms with Gasteiger partial charge in [0.25, 0.3) is 0 Å². The van der Waals surface area contributed by atoms with Crippen molar-refractivity contribution >= 4 is 17.3 Å². The predicted molar refractivity (Wildman–Crippen MR) is 58.0 cm³/mol. The number of halogens is 1. The van der Waals surface area contributed by atoms with Gasteiger partial charge in [-0.15, -0.1) is 11.3 Å². The molecule has 1 heterocycles. The Balaban J connectivity index is 2.41. The van der Waals surface area contributed by atoms with E-state index in [0.717, 1.165) is 0 Å². The van der Waals surface area contributed by atoms with Gasteiger partial charge in [0.15, 0.2) is 0 Å². The zero-order chi connectivity index (χ0) is 11.5. The molecule has 3 nitrogen and oxygen atoms in total. The Morgan fingerprint density at radius 2 is 2.06 bits per heavy atom. The van der Waals surface area contributed by atoms with Crippen molar-refractivity contribution in [3.63, 3.8) is 0 Å². The predicted octanol–water partition coefficient (Wildman–Crippen LogP) is 2.50. The summed E-state index contributed by atoms with van der Waals surface area (Å²) in [6.07, 6.45) is 1.56. The highest BCUT2D eigenvalue weighted by atomic mass is 32.1. The maximum atomic E-state index is 12.7. The Labute approximate surface area is 95.2 Å². The molecular formula is C11H8FNO2S. The van der Waals surface area contributed by atoms with Crippen LogP contribution < -0.4 is 0 Å². The van der Waals surface area contributed by atoms with Crippen molar-refractivity contribution in [2.24, 2.45) is 0 Å². The second kappa shape index (κ2) is 4.40. The quantitative estimate of drug-likeness (QED) is 0.892. The van der Waals surface area contributed by atoms with E-state index in [9.17, 15) is 9.18 Å². The largest absolute Gasteiger partial charge is 0.480 e. The van der Waals surface area contributed by atoms with Crippen molar-refractivity contribution in [3.8, 4) is 0 Å². The molecule has 0 bridgehead atoms. The van der Waals surface area contributed by atoms with Crippen molar-refractivity contribution in [1.82, 2.24) is 4.98 Å². The van der Waals surface area contributed by atoms with E-state index in [1.165, 1.54) is 35.6 Å². The van der Waals surface area contributed by atoms with E-state index in [0.29, 0.717) is 10.6 Å². The first kappa shape index (κ1) is 10.8. The lowest BCUT2D eigenvalue weighted by molar-refractivity contribution is -0.137. The molecule has 0 aliphatic rings. The second-order valence-electron chi connectivity index (χ2n) is 3.19. The number of carboxylic acids is 1. The van der Waals surface area contributed by atoms with Crippen LogP contribution >= 0.6 is 11.3 Å². The summed E-state index contributed by atoms with van der Waals surface area (Å²) in [6, 6.07) is 5.43. The van der Waals surface area contributed by atoms with Crippen LogP contribution in [0.5, 0.6) is 0 Å². The van der Waals surface area contributed by atoms with Gasteiger partial charge < -0.3 is 5.11 Å². The first-order valence-corrected chi connectivity index (χ1v) is 5.44. The van der Waals surface area contributed by atoms with Gasteiger partial charge in [0.05, 0.1) is 0 Å². The van der Waals surface area contributed by atoms with Crippen LogP contribution in [0.1, 0.15) is 16.5 Å². The van der Waals surface area contributed by atoms with Gasteiger partial charge in [-0.05, 0) is 17.7 Å². The molecule has 0 fully saturated rings. The summed E-state index contributed by atoms with van der Waals surface area (Å²) in [5.74, 6) is -2.19. The molecule has 0 aliphatic carbocycles. The summed E-state index contributed by atoms with van der Waals surface area (Å²) in [6.45, 7) is 0. The van der Waals surface area contributed by atoms with Crippen molar-refractivity contribution in [1.29, 1.82) is 0 Å². The summed E-state index contributed by atoms with van der Waals surface area (Å²) < 4.78 is 12.7. The Morgan fingerprint density at radius 1 is 1.38 bits per heavy atom. The van der Waals surface area contributed by atoms with Gasteiger partial charge in [-0.25, -0.2) is 9.37 Å². The van der Waals surface area contributed by atoms with E-state index in [1.807, 2.05) is 0 Å². The first-order chi connectivity index (χ1) is 7.68. The number of carbonyl (C=O) groups is 1. The van der Waals surface area contributed by atoms with Gasteiger partial charge in [0, 0.05) is 11.6 Å². The summed E-state index contributed by atoms with van der Waals surface area (Å²) in [5, 5.41) is 11.4. The normalized spacial score (nSPS) is 12.3. The fourth-order valence-corrected chi connectivity index (χ4v) is 2.18. The van der Waals surface area contributed by atoms with E-state index in [4.69, 9.17) is 5.11 Å². The van der Waals surface area contributed by atoms with Crippen molar-refractivity contribution in [3.05, 3.63) is 52.2 Å². The second-order valence-corrected chi connectivity index (χ2v) is 4.12. The molecule has 1 N–H and O–H groups in total. The van der Waals surface area contributed by atoms with Crippen LogP contribution in [0.3, 0.4) is 0 Å². The molecule has 1 aromatic carbocycles. The van der Waals surface area contributed by atoms with Crippen LogP contribution in [0.25, 0.3) is 0 Å². The van der Waals surface area contributed by atoms with Gasteiger partial charge in [0.1, 0.15) is 16.7 Å². The summed E-state index contributed by atoms with van der Waals surface area (Å²) in [5.41, 5.74) is 0.531. The Kier molecular flexibility index (Phi) is 2.96. The number of hydrogen-bond acceptors (Lipinski definition) is 3. The Hall–Kier alpha value is -1.75. The molecule has 0 aliphatic heterocycles. The van der Waals surface area contributed by atoms with Crippen LogP contribution in [0.2, 0.25) is 0 Å². The lowest BCUT2D eigenvalue weighted by Crippen LogP contribution is -2.12. The van der Waals surface area contributed by atoms with Gasteiger partial charge in [-0.1, -0.05) is 12.1 Å². The smallest absolute Gasteiger partial charge is 0.317 e. The molecule has 1 unspecified atom stereocenters. The zero-order valence-electron chi connectivity index (χ0n) is 8.13.